The highest BCUT2D eigenvalue weighted by Gasteiger charge is 2.26. The van der Waals surface area contributed by atoms with Crippen LogP contribution in [0.25, 0.3) is 0 Å². The van der Waals surface area contributed by atoms with E-state index in [1.165, 1.54) is 4.31 Å². The summed E-state index contributed by atoms with van der Waals surface area (Å²) in [5.74, 6) is 0.526. The Hall–Kier alpha value is -3.81. The molecule has 4 aromatic rings. The van der Waals surface area contributed by atoms with Gasteiger partial charge in [0.1, 0.15) is 5.75 Å². The minimum absolute atomic E-state index is 0.0720. The first-order valence-electron chi connectivity index (χ1n) is 12.1. The summed E-state index contributed by atoms with van der Waals surface area (Å²) in [5.41, 5.74) is 3.43. The Bertz CT molecular complexity index is 1510. The zero-order valence-electron chi connectivity index (χ0n) is 21.4. The normalized spacial score (nSPS) is 12.0. The molecule has 4 aromatic carbocycles. The fraction of sp³-hybridized carbons (Fsp3) is 0.167. The van der Waals surface area contributed by atoms with Gasteiger partial charge in [0.15, 0.2) is 0 Å². The third kappa shape index (κ3) is 6.18. The number of hydrogen-bond acceptors (Lipinski definition) is 4. The second-order valence-corrected chi connectivity index (χ2v) is 11.2. The summed E-state index contributed by atoms with van der Waals surface area (Å²) in [6.45, 7) is 3.83. The van der Waals surface area contributed by atoms with Gasteiger partial charge < -0.3 is 10.1 Å². The first kappa shape index (κ1) is 27.2. The van der Waals surface area contributed by atoms with E-state index in [9.17, 15) is 13.2 Å². The average Bonchev–Trinajstić information content (AvgIpc) is 2.94. The van der Waals surface area contributed by atoms with Crippen LogP contribution in [0.1, 0.15) is 40.0 Å². The van der Waals surface area contributed by atoms with Gasteiger partial charge in [0.2, 0.25) is 0 Å². The summed E-state index contributed by atoms with van der Waals surface area (Å²) in [5, 5.41) is 3.44. The summed E-state index contributed by atoms with van der Waals surface area (Å²) >= 11 is 6.24. The molecule has 1 atom stereocenters. The largest absolute Gasteiger partial charge is 0.497 e. The summed E-state index contributed by atoms with van der Waals surface area (Å²) in [4.78, 5) is 13.1. The van der Waals surface area contributed by atoms with E-state index in [0.717, 1.165) is 22.4 Å². The molecule has 8 heteroatoms. The number of anilines is 1. The van der Waals surface area contributed by atoms with Crippen molar-refractivity contribution in [2.75, 3.05) is 11.4 Å². The third-order valence-electron chi connectivity index (χ3n) is 6.28. The van der Waals surface area contributed by atoms with Crippen LogP contribution in [0.4, 0.5) is 5.69 Å². The number of nitrogens with zero attached hydrogens (tertiary/aromatic N) is 1. The summed E-state index contributed by atoms with van der Waals surface area (Å²) in [6.07, 6.45) is 0. The number of aryl methyl sites for hydroxylation is 1. The number of sulfonamides is 1. The molecule has 1 amide bonds. The number of rotatable bonds is 9. The van der Waals surface area contributed by atoms with E-state index in [1.54, 1.807) is 79.9 Å². The van der Waals surface area contributed by atoms with Gasteiger partial charge in [0, 0.05) is 10.6 Å². The van der Waals surface area contributed by atoms with E-state index >= 15 is 0 Å². The lowest BCUT2D eigenvalue weighted by molar-refractivity contribution is 0.0940. The Kier molecular flexibility index (Phi) is 8.39. The second-order valence-electron chi connectivity index (χ2n) is 8.92. The van der Waals surface area contributed by atoms with Crippen LogP contribution in [-0.4, -0.2) is 21.4 Å². The van der Waals surface area contributed by atoms with E-state index in [1.807, 2.05) is 38.1 Å². The standard InChI is InChI=1S/C30H29ClN2O4S/c1-21-9-16-26(31)19-29(21)33(38(35,36)28-7-5-4-6-8-28)20-23-10-12-25(13-11-23)30(34)32-22(2)24-14-17-27(37-3)18-15-24/h4-19,22H,20H2,1-3H3,(H,32,34)/t22-/m1/s1. The number of methoxy groups -OCH3 is 1. The van der Waals surface area contributed by atoms with Crippen molar-refractivity contribution in [3.8, 4) is 5.75 Å². The first-order chi connectivity index (χ1) is 18.2. The molecule has 0 aliphatic carbocycles. The van der Waals surface area contributed by atoms with Crippen molar-refractivity contribution >= 4 is 33.2 Å². The number of carbonyl (C=O) groups excluding carboxylic acids is 1. The van der Waals surface area contributed by atoms with Crippen LogP contribution in [0, 0.1) is 6.92 Å². The van der Waals surface area contributed by atoms with Crippen LogP contribution in [0.5, 0.6) is 5.75 Å². The maximum Gasteiger partial charge on any atom is 0.264 e. The molecule has 6 nitrogen and oxygen atoms in total. The molecule has 0 aliphatic rings. The Morgan fingerprint density at radius 1 is 0.947 bits per heavy atom. The lowest BCUT2D eigenvalue weighted by Crippen LogP contribution is -2.31. The summed E-state index contributed by atoms with van der Waals surface area (Å²) in [6, 6.07) is 27.7. The van der Waals surface area contributed by atoms with E-state index in [4.69, 9.17) is 16.3 Å². The van der Waals surface area contributed by atoms with Gasteiger partial charge in [-0.1, -0.05) is 60.1 Å². The molecule has 0 heterocycles. The zero-order valence-corrected chi connectivity index (χ0v) is 23.0. The van der Waals surface area contributed by atoms with Crippen LogP contribution in [0.2, 0.25) is 5.02 Å². The Morgan fingerprint density at radius 2 is 1.61 bits per heavy atom. The number of benzene rings is 4. The highest BCUT2D eigenvalue weighted by molar-refractivity contribution is 7.92. The van der Waals surface area contributed by atoms with Crippen molar-refractivity contribution in [3.63, 3.8) is 0 Å². The highest BCUT2D eigenvalue weighted by atomic mass is 35.5. The Labute approximate surface area is 228 Å². The van der Waals surface area contributed by atoms with Crippen molar-refractivity contribution in [3.05, 3.63) is 124 Å². The molecule has 0 saturated carbocycles. The van der Waals surface area contributed by atoms with Crippen molar-refractivity contribution in [1.82, 2.24) is 5.32 Å². The van der Waals surface area contributed by atoms with Gasteiger partial charge >= 0.3 is 0 Å². The number of hydrogen-bond donors (Lipinski definition) is 1. The maximum absolute atomic E-state index is 13.7. The monoisotopic (exact) mass is 548 g/mol. The topological polar surface area (TPSA) is 75.7 Å². The molecule has 0 saturated heterocycles. The lowest BCUT2D eigenvalue weighted by Gasteiger charge is -2.26. The number of nitrogens with one attached hydrogen (secondary N) is 1. The fourth-order valence-corrected chi connectivity index (χ4v) is 5.75. The minimum atomic E-state index is -3.88. The van der Waals surface area contributed by atoms with E-state index in [0.29, 0.717) is 16.3 Å². The van der Waals surface area contributed by atoms with Gasteiger partial charge in [-0.2, -0.15) is 0 Å². The molecule has 1 N–H and O–H groups in total. The quantitative estimate of drug-likeness (QED) is 0.257. The molecule has 4 rings (SSSR count). The van der Waals surface area contributed by atoms with E-state index in [2.05, 4.69) is 5.32 Å². The van der Waals surface area contributed by atoms with Gasteiger partial charge in [-0.25, -0.2) is 8.42 Å². The summed E-state index contributed by atoms with van der Waals surface area (Å²) in [7, 11) is -2.28. The predicted molar refractivity (Wildman–Crippen MR) is 151 cm³/mol. The molecule has 0 spiro atoms. The average molecular weight is 549 g/mol. The molecular weight excluding hydrogens is 520 g/mol. The molecule has 0 fully saturated rings. The molecular formula is C30H29ClN2O4S. The molecule has 0 aliphatic heterocycles. The van der Waals surface area contributed by atoms with Gasteiger partial charge in [-0.3, -0.25) is 9.10 Å². The van der Waals surface area contributed by atoms with Crippen LogP contribution in [0.3, 0.4) is 0 Å². The molecule has 38 heavy (non-hydrogen) atoms. The summed E-state index contributed by atoms with van der Waals surface area (Å²) < 4.78 is 33.9. The third-order valence-corrected chi connectivity index (χ3v) is 8.29. The van der Waals surface area contributed by atoms with Crippen LogP contribution in [0.15, 0.2) is 102 Å². The molecule has 0 radical (unpaired) electrons. The first-order valence-corrected chi connectivity index (χ1v) is 13.9. The van der Waals surface area contributed by atoms with E-state index < -0.39 is 10.0 Å². The smallest absolute Gasteiger partial charge is 0.264 e. The molecule has 0 unspecified atom stereocenters. The number of ether oxygens (including phenoxy) is 1. The predicted octanol–water partition coefficient (Wildman–Crippen LogP) is 6.54. The zero-order chi connectivity index (χ0) is 27.3. The fourth-order valence-electron chi connectivity index (χ4n) is 4.05. The number of halogens is 1. The molecule has 0 aromatic heterocycles. The second kappa shape index (κ2) is 11.7. The van der Waals surface area contributed by atoms with Gasteiger partial charge in [0.05, 0.1) is 30.3 Å². The molecule has 196 valence electrons. The lowest BCUT2D eigenvalue weighted by atomic mass is 10.1. The van der Waals surface area contributed by atoms with Crippen molar-refractivity contribution < 1.29 is 17.9 Å². The number of carbonyl (C=O) groups is 1. The Balaban J connectivity index is 1.56. The highest BCUT2D eigenvalue weighted by Crippen LogP contribution is 2.31. The molecule has 0 bridgehead atoms. The minimum Gasteiger partial charge on any atom is -0.497 e. The van der Waals surface area contributed by atoms with Gasteiger partial charge in [0.25, 0.3) is 15.9 Å². The SMILES string of the molecule is COc1ccc([C@@H](C)NC(=O)c2ccc(CN(c3cc(Cl)ccc3C)S(=O)(=O)c3ccccc3)cc2)cc1. The number of amides is 1. The van der Waals surface area contributed by atoms with Gasteiger partial charge in [-0.15, -0.1) is 0 Å². The van der Waals surface area contributed by atoms with E-state index in [-0.39, 0.29) is 23.4 Å². The van der Waals surface area contributed by atoms with Crippen molar-refractivity contribution in [1.29, 1.82) is 0 Å². The van der Waals surface area contributed by atoms with Crippen LogP contribution < -0.4 is 14.4 Å². The maximum atomic E-state index is 13.7. The van der Waals surface area contributed by atoms with Crippen LogP contribution >= 0.6 is 11.6 Å². The van der Waals surface area contributed by atoms with Crippen LogP contribution in [-0.2, 0) is 16.6 Å². The Morgan fingerprint density at radius 3 is 2.24 bits per heavy atom. The van der Waals surface area contributed by atoms with Crippen molar-refractivity contribution in [2.45, 2.75) is 31.3 Å². The van der Waals surface area contributed by atoms with Crippen molar-refractivity contribution in [2.24, 2.45) is 0 Å². The van der Waals surface area contributed by atoms with Gasteiger partial charge in [-0.05, 0) is 79.1 Å².